The van der Waals surface area contributed by atoms with Gasteiger partial charge in [0.1, 0.15) is 0 Å². The minimum Gasteiger partial charge on any atom is -0.331 e. The predicted octanol–water partition coefficient (Wildman–Crippen LogP) is 13.8. The zero-order chi connectivity index (χ0) is 58.9. The molecule has 4 rings (SSSR count). The summed E-state index contributed by atoms with van der Waals surface area (Å²) in [5, 5.41) is 0. The molecule has 4 aromatic rings. The summed E-state index contributed by atoms with van der Waals surface area (Å²) in [5.74, 6) is -12.4. The van der Waals surface area contributed by atoms with Crippen molar-refractivity contribution in [3.8, 4) is 0 Å². The second-order valence-corrected chi connectivity index (χ2v) is 16.6. The van der Waals surface area contributed by atoms with Gasteiger partial charge < -0.3 is 42.8 Å². The molecule has 0 aromatic heterocycles. The first-order valence-corrected chi connectivity index (χ1v) is 23.9. The Balaban J connectivity index is 0. The van der Waals surface area contributed by atoms with Crippen LogP contribution < -0.4 is 0 Å². The van der Waals surface area contributed by atoms with Crippen LogP contribution >= 0.6 is 0 Å². The van der Waals surface area contributed by atoms with Crippen molar-refractivity contribution in [2.24, 2.45) is 0 Å². The van der Waals surface area contributed by atoms with Crippen molar-refractivity contribution in [3.05, 3.63) is 169 Å². The summed E-state index contributed by atoms with van der Waals surface area (Å²) in [7, 11) is 0. The number of benzene rings is 4. The smallest absolute Gasteiger partial charge is 0.331 e. The molecule has 0 atom stereocenters. The fourth-order valence-electron chi connectivity index (χ4n) is 6.19. The van der Waals surface area contributed by atoms with Crippen LogP contribution in [0.4, 0.5) is 52.7 Å². The van der Waals surface area contributed by atoms with E-state index in [9.17, 15) is 91.0 Å². The molecule has 0 fully saturated rings. The van der Waals surface area contributed by atoms with Crippen LogP contribution in [0.2, 0.25) is 0 Å². The summed E-state index contributed by atoms with van der Waals surface area (Å²) in [4.78, 5) is 86.3. The van der Waals surface area contributed by atoms with E-state index in [2.05, 4.69) is 27.7 Å². The maximum absolute atomic E-state index is 11.8. The van der Waals surface area contributed by atoms with Crippen LogP contribution in [0, 0.1) is 75.1 Å². The molecule has 9 nitrogen and oxygen atoms in total. The zero-order valence-electron chi connectivity index (χ0n) is 43.0. The molecule has 0 saturated carbocycles. The molecular weight excluding hydrogens is 1190 g/mol. The molecule has 0 aliphatic rings. The zero-order valence-corrected chi connectivity index (χ0v) is 45.4. The number of hydrogen-bond acceptors (Lipinski definition) is 8. The fourth-order valence-corrected chi connectivity index (χ4v) is 6.19. The Labute approximate surface area is 487 Å². The predicted molar refractivity (Wildman–Crippen MR) is 264 cm³/mol. The Morgan fingerprint density at radius 2 is 0.474 bits per heavy atom. The Morgan fingerprint density at radius 1 is 0.321 bits per heavy atom. The van der Waals surface area contributed by atoms with Crippen LogP contribution in [0.5, 0.6) is 0 Å². The van der Waals surface area contributed by atoms with Crippen molar-refractivity contribution in [1.29, 1.82) is 0 Å². The van der Waals surface area contributed by atoms with Gasteiger partial charge >= 0.3 is 74.1 Å². The first-order valence-electron chi connectivity index (χ1n) is 23.9. The molecule has 78 heavy (non-hydrogen) atoms. The average molecular weight is 1260 g/mol. The molecule has 0 N–H and O–H groups in total. The fraction of sp³-hybridized carbons (Fsp3) is 0.357. The molecular formula is C56H60EuF12NO8. The van der Waals surface area contributed by atoms with Gasteiger partial charge in [0, 0.05) is 23.1 Å². The number of hydrogen-bond donors (Lipinski definition) is 0. The summed E-state index contributed by atoms with van der Waals surface area (Å²) >= 11 is 0. The number of Topliss-reactive ketones (excluding diaryl/α,β-unsaturated/α-hetero) is 8. The maximum atomic E-state index is 11.8. The van der Waals surface area contributed by atoms with Crippen molar-refractivity contribution in [2.45, 2.75) is 104 Å². The molecule has 0 saturated heterocycles. The summed E-state index contributed by atoms with van der Waals surface area (Å²) < 4.78 is 143. The number of carbonyl (C=O) groups excluding carboxylic acids is 8. The summed E-state index contributed by atoms with van der Waals surface area (Å²) in [6.07, 6.45) is -8.72. The second-order valence-electron chi connectivity index (χ2n) is 16.6. The summed E-state index contributed by atoms with van der Waals surface area (Å²) in [6, 6.07) is 29.1. The van der Waals surface area contributed by atoms with E-state index < -0.39 is 71.0 Å². The number of ketones is 8. The van der Waals surface area contributed by atoms with E-state index in [4.69, 9.17) is 0 Å². The van der Waals surface area contributed by atoms with Crippen molar-refractivity contribution < 1.29 is 145 Å². The van der Waals surface area contributed by atoms with Gasteiger partial charge in [0.2, 0.25) is 0 Å². The van der Waals surface area contributed by atoms with Gasteiger partial charge in [0.25, 0.3) is 0 Å². The Morgan fingerprint density at radius 3 is 0.603 bits per heavy atom. The Kier molecular flexibility index (Phi) is 36.4. The van der Waals surface area contributed by atoms with Crippen LogP contribution in [0.3, 0.4) is 0 Å². The maximum Gasteiger partial charge on any atom is 3.00 e. The SMILES string of the molecule is CCCC[N+](CCCC)(CCCC)CCCC.O=C([CH-]C(=O)C(F)(F)F)c1ccccc1.O=C([CH-]C(=O)C(F)(F)F)c1ccccc1.O=C([CH-]C(=O)C(F)(F)F)c1ccccc1.O=C([CH-]C(=O)C(F)(F)F)c1ccccc1.[Eu+3]. The van der Waals surface area contributed by atoms with E-state index in [1.54, 1.807) is 24.3 Å². The monoisotopic (exact) mass is 1260 g/mol. The number of nitrogens with zero attached hydrogens (tertiary/aromatic N) is 1. The van der Waals surface area contributed by atoms with Crippen molar-refractivity contribution >= 4 is 46.3 Å². The number of unbranched alkanes of at least 4 members (excludes halogenated alkanes) is 4. The minimum absolute atomic E-state index is 0. The van der Waals surface area contributed by atoms with Gasteiger partial charge in [-0.2, -0.15) is 52.7 Å². The average Bonchev–Trinajstić information content (AvgIpc) is 3.38. The van der Waals surface area contributed by atoms with E-state index in [0.717, 1.165) is 0 Å². The van der Waals surface area contributed by atoms with Crippen molar-refractivity contribution in [1.82, 2.24) is 0 Å². The first kappa shape index (κ1) is 74.5. The molecule has 22 heteroatoms. The molecule has 0 heterocycles. The van der Waals surface area contributed by atoms with Gasteiger partial charge in [-0.15, -0.1) is 96.5 Å². The largest absolute Gasteiger partial charge is 3.00 e. The molecule has 0 aliphatic carbocycles. The number of alkyl halides is 12. The van der Waals surface area contributed by atoms with E-state index >= 15 is 0 Å². The first-order chi connectivity index (χ1) is 35.9. The molecule has 0 unspecified atom stereocenters. The van der Waals surface area contributed by atoms with Crippen molar-refractivity contribution in [2.75, 3.05) is 26.2 Å². The van der Waals surface area contributed by atoms with Crippen LogP contribution in [0.15, 0.2) is 121 Å². The molecule has 0 radical (unpaired) electrons. The van der Waals surface area contributed by atoms with Crippen LogP contribution in [-0.4, -0.2) is 102 Å². The van der Waals surface area contributed by atoms with E-state index in [-0.39, 0.29) is 97.3 Å². The third-order valence-corrected chi connectivity index (χ3v) is 10.3. The van der Waals surface area contributed by atoms with Gasteiger partial charge in [0.15, 0.2) is 23.1 Å². The third kappa shape index (κ3) is 32.4. The van der Waals surface area contributed by atoms with Crippen molar-refractivity contribution in [3.63, 3.8) is 0 Å². The summed E-state index contributed by atoms with van der Waals surface area (Å²) in [6.45, 7) is 15.0. The minimum atomic E-state index is -5.00. The number of rotatable bonds is 24. The molecule has 0 amide bonds. The van der Waals surface area contributed by atoms with Gasteiger partial charge in [-0.3, -0.25) is 0 Å². The number of carbonyl (C=O) groups is 8. The van der Waals surface area contributed by atoms with Crippen LogP contribution in [0.1, 0.15) is 120 Å². The van der Waals surface area contributed by atoms with Gasteiger partial charge in [-0.05, 0) is 25.7 Å². The molecule has 0 bridgehead atoms. The van der Waals surface area contributed by atoms with Gasteiger partial charge in [0.05, 0.1) is 26.2 Å². The third-order valence-electron chi connectivity index (χ3n) is 10.3. The number of quaternary nitrogens is 1. The molecule has 0 aliphatic heterocycles. The standard InChI is InChI=1S/C16H36N.4C10H6F3O2.Eu/c1-5-9-13-17(14-10-6-2,15-11-7-3)16-12-8-4;4*11-10(12,13)9(15)6-8(14)7-4-2-1-3-5-7;/h5-16H2,1-4H3;4*1-6H;/q+1;4*-1;+3. The quantitative estimate of drug-likeness (QED) is 0.0222. The summed E-state index contributed by atoms with van der Waals surface area (Å²) in [5.41, 5.74) is 0.204. The normalized spacial score (nSPS) is 11.0. The van der Waals surface area contributed by atoms with Crippen LogP contribution in [-0.2, 0) is 19.2 Å². The second kappa shape index (κ2) is 38.1. The van der Waals surface area contributed by atoms with E-state index in [1.807, 2.05) is 0 Å². The van der Waals surface area contributed by atoms with Gasteiger partial charge in [-0.25, -0.2) is 0 Å². The van der Waals surface area contributed by atoms with Crippen LogP contribution in [0.25, 0.3) is 0 Å². The van der Waals surface area contributed by atoms with E-state index in [1.165, 1.54) is 179 Å². The van der Waals surface area contributed by atoms with E-state index in [0.29, 0.717) is 0 Å². The molecule has 428 valence electrons. The Hall–Kier alpha value is -5.58. The topological polar surface area (TPSA) is 137 Å². The molecule has 4 aromatic carbocycles. The Bertz CT molecular complexity index is 2070. The van der Waals surface area contributed by atoms with Gasteiger partial charge in [-0.1, -0.05) is 126 Å². The number of halogens is 12. The molecule has 0 spiro atoms.